The van der Waals surface area contributed by atoms with Gasteiger partial charge in [-0.2, -0.15) is 0 Å². The van der Waals surface area contributed by atoms with E-state index in [0.717, 1.165) is 28.8 Å². The second-order valence-corrected chi connectivity index (χ2v) is 6.05. The van der Waals surface area contributed by atoms with Crippen LogP contribution in [0.2, 0.25) is 0 Å². The van der Waals surface area contributed by atoms with Crippen molar-refractivity contribution in [3.05, 3.63) is 30.0 Å². The predicted molar refractivity (Wildman–Crippen MR) is 92.9 cm³/mol. The highest BCUT2D eigenvalue weighted by Crippen LogP contribution is 2.30. The first kappa shape index (κ1) is 15.6. The first-order valence-corrected chi connectivity index (χ1v) is 7.96. The minimum Gasteiger partial charge on any atom is -0.399 e. The first-order valence-electron chi connectivity index (χ1n) is 7.96. The van der Waals surface area contributed by atoms with Crippen molar-refractivity contribution in [2.75, 3.05) is 17.2 Å². The topological polar surface area (TPSA) is 42.2 Å². The molecule has 1 aromatic heterocycles. The number of unbranched alkanes of at least 4 members (excludes halogenated alkanes) is 2. The summed E-state index contributed by atoms with van der Waals surface area (Å²) < 4.78 is 0. The Labute approximate surface area is 128 Å². The van der Waals surface area contributed by atoms with Crippen LogP contribution >= 0.6 is 0 Å². The van der Waals surface area contributed by atoms with Crippen molar-refractivity contribution in [2.45, 2.75) is 53.0 Å². The highest BCUT2D eigenvalue weighted by molar-refractivity contribution is 5.94. The Morgan fingerprint density at radius 2 is 1.95 bits per heavy atom. The van der Waals surface area contributed by atoms with Gasteiger partial charge in [0.15, 0.2) is 0 Å². The van der Waals surface area contributed by atoms with Crippen molar-refractivity contribution >= 4 is 22.3 Å². The lowest BCUT2D eigenvalue weighted by atomic mass is 10.1. The first-order chi connectivity index (χ1) is 10.0. The van der Waals surface area contributed by atoms with E-state index < -0.39 is 0 Å². The molecule has 0 bridgehead atoms. The smallest absolute Gasteiger partial charge is 0.0727 e. The van der Waals surface area contributed by atoms with Gasteiger partial charge in [0.2, 0.25) is 0 Å². The van der Waals surface area contributed by atoms with Crippen LogP contribution in [0, 0.1) is 6.92 Å². The average molecular weight is 285 g/mol. The number of nitrogen functional groups attached to an aromatic ring is 1. The molecule has 1 aromatic carbocycles. The summed E-state index contributed by atoms with van der Waals surface area (Å²) in [6, 6.07) is 8.65. The quantitative estimate of drug-likeness (QED) is 0.626. The van der Waals surface area contributed by atoms with Crippen LogP contribution < -0.4 is 10.6 Å². The maximum absolute atomic E-state index is 5.98. The van der Waals surface area contributed by atoms with Crippen LogP contribution in [0.25, 0.3) is 10.9 Å². The Hall–Kier alpha value is -1.77. The summed E-state index contributed by atoms with van der Waals surface area (Å²) in [6.07, 6.45) is 3.74. The summed E-state index contributed by atoms with van der Waals surface area (Å²) in [5.74, 6) is 0. The lowest BCUT2D eigenvalue weighted by molar-refractivity contribution is 0.627. The zero-order chi connectivity index (χ0) is 15.4. The number of benzene rings is 1. The molecule has 0 saturated heterocycles. The lowest BCUT2D eigenvalue weighted by Gasteiger charge is -2.30. The van der Waals surface area contributed by atoms with Gasteiger partial charge < -0.3 is 10.6 Å². The maximum Gasteiger partial charge on any atom is 0.0727 e. The molecule has 0 radical (unpaired) electrons. The fourth-order valence-corrected chi connectivity index (χ4v) is 2.78. The van der Waals surface area contributed by atoms with Gasteiger partial charge in [0, 0.05) is 35.0 Å². The number of pyridine rings is 1. The molecule has 2 rings (SSSR count). The van der Waals surface area contributed by atoms with E-state index in [-0.39, 0.29) is 0 Å². The molecule has 0 aliphatic carbocycles. The van der Waals surface area contributed by atoms with Crippen LogP contribution in [0.1, 0.15) is 45.7 Å². The molecule has 0 fully saturated rings. The maximum atomic E-state index is 5.98. The third kappa shape index (κ3) is 3.66. The van der Waals surface area contributed by atoms with Crippen LogP contribution in [0.4, 0.5) is 11.4 Å². The van der Waals surface area contributed by atoms with Gasteiger partial charge in [-0.1, -0.05) is 19.8 Å². The van der Waals surface area contributed by atoms with Gasteiger partial charge in [-0.15, -0.1) is 0 Å². The van der Waals surface area contributed by atoms with Gasteiger partial charge in [0.1, 0.15) is 0 Å². The Morgan fingerprint density at radius 1 is 1.19 bits per heavy atom. The number of rotatable bonds is 6. The molecule has 2 aromatic rings. The number of nitrogens with zero attached hydrogens (tertiary/aromatic N) is 2. The lowest BCUT2D eigenvalue weighted by Crippen LogP contribution is -2.32. The van der Waals surface area contributed by atoms with Gasteiger partial charge in [0.05, 0.1) is 5.52 Å². The zero-order valence-corrected chi connectivity index (χ0v) is 13.7. The van der Waals surface area contributed by atoms with E-state index in [0.29, 0.717) is 6.04 Å². The predicted octanol–water partition coefficient (Wildman–Crippen LogP) is 4.53. The SMILES string of the molecule is CCCCCN(c1cc(C)nc2ccc(N)cc12)C(C)C. The standard InChI is InChI=1S/C18H27N3/c1-5-6-7-10-21(13(2)3)18-11-14(4)20-17-9-8-15(19)12-16(17)18/h8-9,11-13H,5-7,10,19H2,1-4H3. The molecule has 1 heterocycles. The fourth-order valence-electron chi connectivity index (χ4n) is 2.78. The molecular formula is C18H27N3. The summed E-state index contributed by atoms with van der Waals surface area (Å²) >= 11 is 0. The second kappa shape index (κ2) is 6.79. The van der Waals surface area contributed by atoms with Crippen molar-refractivity contribution in [1.82, 2.24) is 4.98 Å². The molecule has 0 spiro atoms. The number of anilines is 2. The second-order valence-electron chi connectivity index (χ2n) is 6.05. The third-order valence-electron chi connectivity index (χ3n) is 3.87. The molecule has 2 N–H and O–H groups in total. The van der Waals surface area contributed by atoms with E-state index in [9.17, 15) is 0 Å². The van der Waals surface area contributed by atoms with Crippen molar-refractivity contribution < 1.29 is 0 Å². The van der Waals surface area contributed by atoms with Crippen LogP contribution in [-0.2, 0) is 0 Å². The number of hydrogen-bond donors (Lipinski definition) is 1. The summed E-state index contributed by atoms with van der Waals surface area (Å²) in [5, 5.41) is 1.16. The zero-order valence-electron chi connectivity index (χ0n) is 13.7. The summed E-state index contributed by atoms with van der Waals surface area (Å²) in [6.45, 7) is 9.88. The molecule has 114 valence electrons. The van der Waals surface area contributed by atoms with Gasteiger partial charge in [-0.3, -0.25) is 4.98 Å². The van der Waals surface area contributed by atoms with E-state index >= 15 is 0 Å². The number of fused-ring (bicyclic) bond motifs is 1. The highest BCUT2D eigenvalue weighted by Gasteiger charge is 2.14. The number of hydrogen-bond acceptors (Lipinski definition) is 3. The highest BCUT2D eigenvalue weighted by atomic mass is 15.2. The number of aryl methyl sites for hydroxylation is 1. The molecule has 0 saturated carbocycles. The largest absolute Gasteiger partial charge is 0.399 e. The van der Waals surface area contributed by atoms with Gasteiger partial charge in [0.25, 0.3) is 0 Å². The van der Waals surface area contributed by atoms with E-state index in [1.165, 1.54) is 24.9 Å². The third-order valence-corrected chi connectivity index (χ3v) is 3.87. The molecule has 0 aliphatic rings. The van der Waals surface area contributed by atoms with E-state index in [1.54, 1.807) is 0 Å². The molecule has 0 atom stereocenters. The Balaban J connectivity index is 2.47. The number of nitrogens with two attached hydrogens (primary N) is 1. The average Bonchev–Trinajstić information content (AvgIpc) is 2.43. The fraction of sp³-hybridized carbons (Fsp3) is 0.500. The Morgan fingerprint density at radius 3 is 2.62 bits per heavy atom. The minimum atomic E-state index is 0.466. The van der Waals surface area contributed by atoms with E-state index in [2.05, 4.69) is 43.6 Å². The van der Waals surface area contributed by atoms with Crippen molar-refractivity contribution in [2.24, 2.45) is 0 Å². The molecule has 3 heteroatoms. The Kier molecular flexibility index (Phi) is 5.05. The van der Waals surface area contributed by atoms with E-state index in [4.69, 9.17) is 5.73 Å². The molecule has 21 heavy (non-hydrogen) atoms. The molecule has 3 nitrogen and oxygen atoms in total. The molecule has 0 unspecified atom stereocenters. The molecular weight excluding hydrogens is 258 g/mol. The van der Waals surface area contributed by atoms with Crippen LogP contribution in [-0.4, -0.2) is 17.6 Å². The Bertz CT molecular complexity index is 605. The van der Waals surface area contributed by atoms with Gasteiger partial charge >= 0.3 is 0 Å². The normalized spacial score (nSPS) is 11.3. The van der Waals surface area contributed by atoms with Crippen LogP contribution in [0.3, 0.4) is 0 Å². The summed E-state index contributed by atoms with van der Waals surface area (Å²) in [4.78, 5) is 7.11. The molecule has 0 aliphatic heterocycles. The van der Waals surface area contributed by atoms with Crippen LogP contribution in [0.15, 0.2) is 24.3 Å². The van der Waals surface area contributed by atoms with Crippen molar-refractivity contribution in [1.29, 1.82) is 0 Å². The van der Waals surface area contributed by atoms with Crippen molar-refractivity contribution in [3.63, 3.8) is 0 Å². The molecule has 0 amide bonds. The summed E-state index contributed by atoms with van der Waals surface area (Å²) in [5.41, 5.74) is 10.1. The van der Waals surface area contributed by atoms with Crippen LogP contribution in [0.5, 0.6) is 0 Å². The number of aromatic nitrogens is 1. The van der Waals surface area contributed by atoms with Gasteiger partial charge in [-0.05, 0) is 51.5 Å². The monoisotopic (exact) mass is 285 g/mol. The van der Waals surface area contributed by atoms with Crippen molar-refractivity contribution in [3.8, 4) is 0 Å². The van der Waals surface area contributed by atoms with E-state index in [1.807, 2.05) is 18.2 Å². The van der Waals surface area contributed by atoms with Gasteiger partial charge in [-0.25, -0.2) is 0 Å². The minimum absolute atomic E-state index is 0.466. The summed E-state index contributed by atoms with van der Waals surface area (Å²) in [7, 11) is 0.